The van der Waals surface area contributed by atoms with Crippen LogP contribution in [0.2, 0.25) is 0 Å². The number of hydrogen-bond donors (Lipinski definition) is 1. The second-order valence-electron chi connectivity index (χ2n) is 5.39. The Morgan fingerprint density at radius 3 is 2.31 bits per heavy atom. The van der Waals surface area contributed by atoms with Crippen molar-refractivity contribution in [3.63, 3.8) is 0 Å². The average Bonchev–Trinajstić information content (AvgIpc) is 2.69. The Bertz CT molecular complexity index is 962. The Kier molecular flexibility index (Phi) is 5.57. The van der Waals surface area contributed by atoms with E-state index in [0.29, 0.717) is 16.8 Å². The highest BCUT2D eigenvalue weighted by molar-refractivity contribution is 7.99. The van der Waals surface area contributed by atoms with E-state index in [2.05, 4.69) is 11.4 Å². The predicted octanol–water partition coefficient (Wildman–Crippen LogP) is 4.97. The number of nitrogens with one attached hydrogen (secondary N) is 1. The minimum absolute atomic E-state index is 0.201. The van der Waals surface area contributed by atoms with Gasteiger partial charge in [0.05, 0.1) is 18.2 Å². The van der Waals surface area contributed by atoms with Gasteiger partial charge >= 0.3 is 0 Å². The van der Waals surface area contributed by atoms with Crippen LogP contribution in [0, 0.1) is 11.3 Å². The van der Waals surface area contributed by atoms with E-state index in [-0.39, 0.29) is 5.91 Å². The molecule has 128 valence electrons. The molecule has 0 atom stereocenters. The van der Waals surface area contributed by atoms with Crippen LogP contribution in [0.5, 0.6) is 5.75 Å². The fourth-order valence-corrected chi connectivity index (χ4v) is 3.41. The zero-order valence-electron chi connectivity index (χ0n) is 14.1. The molecule has 0 aliphatic rings. The summed E-state index contributed by atoms with van der Waals surface area (Å²) in [5.74, 6) is 0.528. The molecule has 3 aromatic carbocycles. The molecule has 0 aliphatic heterocycles. The molecule has 0 unspecified atom stereocenters. The second kappa shape index (κ2) is 8.24. The normalized spacial score (nSPS) is 10.0. The Balaban J connectivity index is 1.84. The first kappa shape index (κ1) is 17.6. The van der Waals surface area contributed by atoms with Crippen molar-refractivity contribution in [1.82, 2.24) is 0 Å². The second-order valence-corrected chi connectivity index (χ2v) is 6.47. The van der Waals surface area contributed by atoms with E-state index in [1.807, 2.05) is 36.4 Å². The summed E-state index contributed by atoms with van der Waals surface area (Å²) in [6.07, 6.45) is 0. The number of carbonyl (C=O) groups is 1. The average molecular weight is 360 g/mol. The molecule has 26 heavy (non-hydrogen) atoms. The van der Waals surface area contributed by atoms with E-state index >= 15 is 0 Å². The topological polar surface area (TPSA) is 62.1 Å². The van der Waals surface area contributed by atoms with Crippen LogP contribution in [0.25, 0.3) is 0 Å². The lowest BCUT2D eigenvalue weighted by atomic mass is 10.2. The quantitative estimate of drug-likeness (QED) is 0.698. The molecule has 0 saturated heterocycles. The zero-order valence-corrected chi connectivity index (χ0v) is 14.9. The van der Waals surface area contributed by atoms with Gasteiger partial charge in [-0.25, -0.2) is 0 Å². The molecule has 0 heterocycles. The molecule has 5 heteroatoms. The predicted molar refractivity (Wildman–Crippen MR) is 103 cm³/mol. The number of hydrogen-bond acceptors (Lipinski definition) is 4. The molecule has 0 bridgehead atoms. The standard InChI is InChI=1S/C21H16N2O2S/c1-25-17-12-10-16(11-13-17)23-21(24)18-7-3-5-9-20(18)26-19-8-4-2-6-15(19)14-22/h2-13H,1H3,(H,23,24). The lowest BCUT2D eigenvalue weighted by molar-refractivity contribution is 0.102. The van der Waals surface area contributed by atoms with Crippen LogP contribution in [0.1, 0.15) is 15.9 Å². The van der Waals surface area contributed by atoms with E-state index in [4.69, 9.17) is 4.74 Å². The first-order chi connectivity index (χ1) is 12.7. The third kappa shape index (κ3) is 4.05. The minimum Gasteiger partial charge on any atom is -0.497 e. The Morgan fingerprint density at radius 2 is 1.62 bits per heavy atom. The lowest BCUT2D eigenvalue weighted by Gasteiger charge is -2.11. The number of carbonyl (C=O) groups excluding carboxylic acids is 1. The maximum absolute atomic E-state index is 12.7. The fraction of sp³-hybridized carbons (Fsp3) is 0.0476. The third-order valence-corrected chi connectivity index (χ3v) is 4.86. The van der Waals surface area contributed by atoms with Crippen LogP contribution >= 0.6 is 11.8 Å². The number of anilines is 1. The number of nitrogens with zero attached hydrogens (tertiary/aromatic N) is 1. The van der Waals surface area contributed by atoms with Crippen molar-refractivity contribution in [3.8, 4) is 11.8 Å². The van der Waals surface area contributed by atoms with E-state index in [1.165, 1.54) is 11.8 Å². The van der Waals surface area contributed by atoms with Crippen LogP contribution in [0.3, 0.4) is 0 Å². The highest BCUT2D eigenvalue weighted by Crippen LogP contribution is 2.33. The van der Waals surface area contributed by atoms with Gasteiger partial charge in [0.15, 0.2) is 0 Å². The van der Waals surface area contributed by atoms with E-state index in [9.17, 15) is 10.1 Å². The van der Waals surface area contributed by atoms with Crippen molar-refractivity contribution < 1.29 is 9.53 Å². The number of nitriles is 1. The summed E-state index contributed by atoms with van der Waals surface area (Å²) in [5.41, 5.74) is 1.83. The lowest BCUT2D eigenvalue weighted by Crippen LogP contribution is -2.12. The van der Waals surface area contributed by atoms with Crippen molar-refractivity contribution >= 4 is 23.4 Å². The molecule has 4 nitrogen and oxygen atoms in total. The van der Waals surface area contributed by atoms with Gasteiger partial charge in [0, 0.05) is 15.5 Å². The van der Waals surface area contributed by atoms with Crippen LogP contribution in [0.15, 0.2) is 82.6 Å². The van der Waals surface area contributed by atoms with Gasteiger partial charge in [0.1, 0.15) is 11.8 Å². The highest BCUT2D eigenvalue weighted by atomic mass is 32.2. The van der Waals surface area contributed by atoms with Crippen LogP contribution in [0.4, 0.5) is 5.69 Å². The van der Waals surface area contributed by atoms with Gasteiger partial charge in [-0.1, -0.05) is 36.0 Å². The largest absolute Gasteiger partial charge is 0.497 e. The first-order valence-corrected chi connectivity index (χ1v) is 8.74. The number of rotatable bonds is 5. The van der Waals surface area contributed by atoms with Crippen LogP contribution in [-0.4, -0.2) is 13.0 Å². The van der Waals surface area contributed by atoms with Gasteiger partial charge in [0.25, 0.3) is 5.91 Å². The molecule has 0 fully saturated rings. The van der Waals surface area contributed by atoms with Gasteiger partial charge in [-0.2, -0.15) is 5.26 Å². The molecule has 0 spiro atoms. The molecule has 0 radical (unpaired) electrons. The Labute approximate surface area is 156 Å². The van der Waals surface area contributed by atoms with Crippen molar-refractivity contribution in [2.75, 3.05) is 12.4 Å². The fourth-order valence-electron chi connectivity index (χ4n) is 2.38. The first-order valence-electron chi connectivity index (χ1n) is 7.92. The van der Waals surface area contributed by atoms with Gasteiger partial charge in [-0.15, -0.1) is 0 Å². The molecular formula is C21H16N2O2S. The van der Waals surface area contributed by atoms with E-state index in [1.54, 1.807) is 43.5 Å². The number of benzene rings is 3. The molecule has 0 aliphatic carbocycles. The molecule has 1 amide bonds. The van der Waals surface area contributed by atoms with Crippen molar-refractivity contribution in [3.05, 3.63) is 83.9 Å². The van der Waals surface area contributed by atoms with Crippen LogP contribution < -0.4 is 10.1 Å². The number of methoxy groups -OCH3 is 1. The monoisotopic (exact) mass is 360 g/mol. The molecule has 0 saturated carbocycles. The van der Waals surface area contributed by atoms with Gasteiger partial charge in [-0.05, 0) is 48.5 Å². The van der Waals surface area contributed by atoms with Crippen molar-refractivity contribution in [2.45, 2.75) is 9.79 Å². The summed E-state index contributed by atoms with van der Waals surface area (Å²) >= 11 is 1.41. The van der Waals surface area contributed by atoms with Gasteiger partial charge < -0.3 is 10.1 Å². The Morgan fingerprint density at radius 1 is 0.962 bits per heavy atom. The summed E-state index contributed by atoms with van der Waals surface area (Å²) in [6.45, 7) is 0. The number of amides is 1. The van der Waals surface area contributed by atoms with E-state index in [0.717, 1.165) is 15.5 Å². The summed E-state index contributed by atoms with van der Waals surface area (Å²) in [6, 6.07) is 24.0. The third-order valence-electron chi connectivity index (χ3n) is 3.71. The zero-order chi connectivity index (χ0) is 18.4. The molecule has 3 aromatic rings. The SMILES string of the molecule is COc1ccc(NC(=O)c2ccccc2Sc2ccccc2C#N)cc1. The van der Waals surface area contributed by atoms with Gasteiger partial charge in [0.2, 0.25) is 0 Å². The summed E-state index contributed by atoms with van der Waals surface area (Å²) in [5, 5.41) is 12.2. The molecular weight excluding hydrogens is 344 g/mol. The van der Waals surface area contributed by atoms with E-state index < -0.39 is 0 Å². The summed E-state index contributed by atoms with van der Waals surface area (Å²) < 4.78 is 5.12. The summed E-state index contributed by atoms with van der Waals surface area (Å²) in [4.78, 5) is 14.3. The smallest absolute Gasteiger partial charge is 0.256 e. The minimum atomic E-state index is -0.201. The Hall–Kier alpha value is -3.23. The number of ether oxygens (including phenoxy) is 1. The van der Waals surface area contributed by atoms with Gasteiger partial charge in [-0.3, -0.25) is 4.79 Å². The molecule has 0 aromatic heterocycles. The highest BCUT2D eigenvalue weighted by Gasteiger charge is 2.13. The maximum atomic E-state index is 12.7. The molecule has 3 rings (SSSR count). The molecule has 1 N–H and O–H groups in total. The van der Waals surface area contributed by atoms with Crippen molar-refractivity contribution in [2.24, 2.45) is 0 Å². The van der Waals surface area contributed by atoms with Crippen molar-refractivity contribution in [1.29, 1.82) is 5.26 Å². The summed E-state index contributed by atoms with van der Waals surface area (Å²) in [7, 11) is 1.60. The maximum Gasteiger partial charge on any atom is 0.256 e. The van der Waals surface area contributed by atoms with Crippen LogP contribution in [-0.2, 0) is 0 Å².